The Morgan fingerprint density at radius 2 is 1.45 bits per heavy atom. The van der Waals surface area contributed by atoms with E-state index in [4.69, 9.17) is 4.74 Å². The number of rotatable bonds is 7. The lowest BCUT2D eigenvalue weighted by Gasteiger charge is -2.14. The summed E-state index contributed by atoms with van der Waals surface area (Å²) in [6.07, 6.45) is -4.47. The van der Waals surface area contributed by atoms with E-state index in [-0.39, 0.29) is 17.9 Å². The van der Waals surface area contributed by atoms with Gasteiger partial charge in [0.15, 0.2) is 0 Å². The predicted octanol–water partition coefficient (Wildman–Crippen LogP) is 7.02. The second-order valence-corrected chi connectivity index (χ2v) is 8.21. The standard InChI is InChI=1S/C29H21F4NO4/c1-37-28(36)20-4-2-18(3-5-20)17-34-27(35)25-16-21(19-6-9-22(10-7-19)29(31,32)33)8-15-26(25)38-24-13-11-23(30)12-14-24/h2-16H,17H2,1H3,(H,34,35). The minimum atomic E-state index is -4.47. The Morgan fingerprint density at radius 1 is 0.816 bits per heavy atom. The normalized spacial score (nSPS) is 11.1. The Bertz CT molecular complexity index is 1430. The molecule has 0 aliphatic rings. The highest BCUT2D eigenvalue weighted by atomic mass is 19.4. The highest BCUT2D eigenvalue weighted by Crippen LogP contribution is 2.33. The van der Waals surface area contributed by atoms with Crippen molar-refractivity contribution in [1.29, 1.82) is 0 Å². The number of hydrogen-bond acceptors (Lipinski definition) is 4. The number of alkyl halides is 3. The summed E-state index contributed by atoms with van der Waals surface area (Å²) < 4.78 is 62.7. The molecule has 4 aromatic rings. The molecule has 0 unspecified atom stereocenters. The lowest BCUT2D eigenvalue weighted by molar-refractivity contribution is -0.137. The Morgan fingerprint density at radius 3 is 2.05 bits per heavy atom. The third kappa shape index (κ3) is 6.36. The molecule has 4 rings (SSSR count). The van der Waals surface area contributed by atoms with Crippen LogP contribution in [-0.4, -0.2) is 19.0 Å². The van der Waals surface area contributed by atoms with Crippen LogP contribution in [0.15, 0.2) is 91.0 Å². The Balaban J connectivity index is 1.61. The van der Waals surface area contributed by atoms with Crippen LogP contribution < -0.4 is 10.1 Å². The summed E-state index contributed by atoms with van der Waals surface area (Å²) in [5.74, 6) is -0.978. The lowest BCUT2D eigenvalue weighted by atomic mass is 10.0. The molecule has 1 amide bonds. The van der Waals surface area contributed by atoms with E-state index in [1.54, 1.807) is 30.3 Å². The second kappa shape index (κ2) is 11.2. The molecule has 0 heterocycles. The van der Waals surface area contributed by atoms with Crippen LogP contribution in [0.2, 0.25) is 0 Å². The third-order valence-electron chi connectivity index (χ3n) is 5.64. The van der Waals surface area contributed by atoms with Crippen LogP contribution in [0.5, 0.6) is 11.5 Å². The molecule has 5 nitrogen and oxygen atoms in total. The molecule has 0 fully saturated rings. The van der Waals surface area contributed by atoms with Gasteiger partial charge in [0.1, 0.15) is 17.3 Å². The fraction of sp³-hybridized carbons (Fsp3) is 0.103. The quantitative estimate of drug-likeness (QED) is 0.209. The van der Waals surface area contributed by atoms with Crippen molar-refractivity contribution in [3.63, 3.8) is 0 Å². The largest absolute Gasteiger partial charge is 0.465 e. The number of esters is 1. The molecule has 0 atom stereocenters. The fourth-order valence-electron chi connectivity index (χ4n) is 3.61. The minimum Gasteiger partial charge on any atom is -0.465 e. The van der Waals surface area contributed by atoms with Crippen LogP contribution in [0.4, 0.5) is 17.6 Å². The molecular weight excluding hydrogens is 502 g/mol. The first-order valence-electron chi connectivity index (χ1n) is 11.3. The maximum Gasteiger partial charge on any atom is 0.416 e. The van der Waals surface area contributed by atoms with Crippen molar-refractivity contribution in [1.82, 2.24) is 5.32 Å². The first kappa shape index (κ1) is 26.4. The Kier molecular flexibility index (Phi) is 7.76. The number of halogens is 4. The van der Waals surface area contributed by atoms with E-state index in [9.17, 15) is 27.2 Å². The number of carbonyl (C=O) groups excluding carboxylic acids is 2. The summed E-state index contributed by atoms with van der Waals surface area (Å²) in [5.41, 5.74) is 1.39. The highest BCUT2D eigenvalue weighted by Gasteiger charge is 2.30. The molecule has 9 heteroatoms. The summed E-state index contributed by atoms with van der Waals surface area (Å²) in [5, 5.41) is 2.78. The van der Waals surface area contributed by atoms with Gasteiger partial charge in [-0.2, -0.15) is 13.2 Å². The van der Waals surface area contributed by atoms with Crippen LogP contribution in [0, 0.1) is 5.82 Å². The van der Waals surface area contributed by atoms with Crippen molar-refractivity contribution in [2.75, 3.05) is 7.11 Å². The van der Waals surface area contributed by atoms with E-state index in [2.05, 4.69) is 10.1 Å². The smallest absolute Gasteiger partial charge is 0.416 e. The number of amides is 1. The van der Waals surface area contributed by atoms with Crippen LogP contribution >= 0.6 is 0 Å². The van der Waals surface area contributed by atoms with E-state index < -0.39 is 29.4 Å². The SMILES string of the molecule is COC(=O)c1ccc(CNC(=O)c2cc(-c3ccc(C(F)(F)F)cc3)ccc2Oc2ccc(F)cc2)cc1. The van der Waals surface area contributed by atoms with Gasteiger partial charge in [-0.25, -0.2) is 9.18 Å². The minimum absolute atomic E-state index is 0.123. The van der Waals surface area contributed by atoms with Crippen molar-refractivity contribution in [2.24, 2.45) is 0 Å². The van der Waals surface area contributed by atoms with Crippen molar-refractivity contribution in [3.8, 4) is 22.6 Å². The van der Waals surface area contributed by atoms with Gasteiger partial charge >= 0.3 is 12.1 Å². The van der Waals surface area contributed by atoms with Crippen LogP contribution in [-0.2, 0) is 17.5 Å². The van der Waals surface area contributed by atoms with Crippen LogP contribution in [0.1, 0.15) is 31.8 Å². The molecule has 4 aromatic carbocycles. The number of benzene rings is 4. The van der Waals surface area contributed by atoms with Crippen molar-refractivity contribution >= 4 is 11.9 Å². The summed E-state index contributed by atoms with van der Waals surface area (Å²) in [4.78, 5) is 24.8. The van der Waals surface area contributed by atoms with Gasteiger partial charge in [-0.05, 0) is 77.4 Å². The van der Waals surface area contributed by atoms with Crippen LogP contribution in [0.3, 0.4) is 0 Å². The van der Waals surface area contributed by atoms with E-state index in [1.165, 1.54) is 55.6 Å². The molecular formula is C29H21F4NO4. The molecule has 0 aliphatic carbocycles. The number of ether oxygens (including phenoxy) is 2. The molecule has 0 bridgehead atoms. The Labute approximate surface area is 215 Å². The zero-order valence-electron chi connectivity index (χ0n) is 20.0. The monoisotopic (exact) mass is 523 g/mol. The van der Waals surface area contributed by atoms with E-state index in [1.807, 2.05) is 0 Å². The first-order chi connectivity index (χ1) is 18.1. The van der Waals surface area contributed by atoms with Gasteiger partial charge in [-0.1, -0.05) is 30.3 Å². The molecule has 38 heavy (non-hydrogen) atoms. The van der Waals surface area contributed by atoms with Gasteiger partial charge in [-0.15, -0.1) is 0 Å². The van der Waals surface area contributed by atoms with Crippen molar-refractivity contribution < 1.29 is 36.6 Å². The Hall–Kier alpha value is -4.66. The number of carbonyl (C=O) groups is 2. The number of methoxy groups -OCH3 is 1. The zero-order chi connectivity index (χ0) is 27.3. The molecule has 0 aromatic heterocycles. The highest BCUT2D eigenvalue weighted by molar-refractivity contribution is 5.98. The maximum atomic E-state index is 13.3. The molecule has 1 N–H and O–H groups in total. The summed E-state index contributed by atoms with van der Waals surface area (Å²) in [6.45, 7) is 0.126. The summed E-state index contributed by atoms with van der Waals surface area (Å²) in [6, 6.07) is 20.9. The fourth-order valence-corrected chi connectivity index (χ4v) is 3.61. The van der Waals surface area contributed by atoms with E-state index in [0.29, 0.717) is 28.0 Å². The summed E-state index contributed by atoms with van der Waals surface area (Å²) >= 11 is 0. The molecule has 0 radical (unpaired) electrons. The van der Waals surface area contributed by atoms with Crippen molar-refractivity contribution in [2.45, 2.75) is 12.7 Å². The predicted molar refractivity (Wildman–Crippen MR) is 132 cm³/mol. The van der Waals surface area contributed by atoms with Crippen LogP contribution in [0.25, 0.3) is 11.1 Å². The van der Waals surface area contributed by atoms with Gasteiger partial charge in [0, 0.05) is 6.54 Å². The van der Waals surface area contributed by atoms with E-state index in [0.717, 1.165) is 12.1 Å². The average Bonchev–Trinajstić information content (AvgIpc) is 2.92. The third-order valence-corrected chi connectivity index (χ3v) is 5.64. The molecule has 0 saturated heterocycles. The van der Waals surface area contributed by atoms with Gasteiger partial charge in [0.25, 0.3) is 5.91 Å². The van der Waals surface area contributed by atoms with E-state index >= 15 is 0 Å². The molecule has 0 aliphatic heterocycles. The van der Waals surface area contributed by atoms with Gasteiger partial charge in [-0.3, -0.25) is 4.79 Å². The zero-order valence-corrected chi connectivity index (χ0v) is 20.0. The van der Waals surface area contributed by atoms with Gasteiger partial charge in [0.05, 0.1) is 23.8 Å². The lowest BCUT2D eigenvalue weighted by Crippen LogP contribution is -2.23. The second-order valence-electron chi connectivity index (χ2n) is 8.21. The van der Waals surface area contributed by atoms with Gasteiger partial charge < -0.3 is 14.8 Å². The molecule has 0 saturated carbocycles. The average molecular weight is 523 g/mol. The first-order valence-corrected chi connectivity index (χ1v) is 11.3. The van der Waals surface area contributed by atoms with Gasteiger partial charge in [0.2, 0.25) is 0 Å². The number of hydrogen-bond donors (Lipinski definition) is 1. The maximum absolute atomic E-state index is 13.3. The summed E-state index contributed by atoms with van der Waals surface area (Å²) in [7, 11) is 1.28. The molecule has 194 valence electrons. The topological polar surface area (TPSA) is 64.6 Å². The molecule has 0 spiro atoms. The number of nitrogens with one attached hydrogen (secondary N) is 1. The van der Waals surface area contributed by atoms with Crippen molar-refractivity contribution in [3.05, 3.63) is 119 Å².